The zero-order valence-corrected chi connectivity index (χ0v) is 14.4. The molecule has 0 aliphatic carbocycles. The minimum Gasteiger partial charge on any atom is -0.492 e. The van der Waals surface area contributed by atoms with E-state index in [1.807, 2.05) is 24.3 Å². The minimum absolute atomic E-state index is 0.0689. The van der Waals surface area contributed by atoms with Gasteiger partial charge in [0.15, 0.2) is 17.7 Å². The standard InChI is InChI=1S/C18H19ClN2O3/c1-21-8-7-11-9-14-16(24-10-23-14)17(22-2)15(11)18(21)20-13-5-3-12(19)4-6-13/h3-6,9,18,20H,7-8,10H2,1-2H3/p+1/t18-/m0/s1. The summed E-state index contributed by atoms with van der Waals surface area (Å²) in [5.41, 5.74) is 3.41. The Hall–Kier alpha value is -2.11. The van der Waals surface area contributed by atoms with Crippen LogP contribution in [0.15, 0.2) is 30.3 Å². The van der Waals surface area contributed by atoms with Crippen molar-refractivity contribution in [3.63, 3.8) is 0 Å². The second-order valence-corrected chi connectivity index (χ2v) is 6.58. The molecule has 126 valence electrons. The van der Waals surface area contributed by atoms with Gasteiger partial charge in [0, 0.05) is 17.1 Å². The normalized spacial score (nSPS) is 21.3. The monoisotopic (exact) mass is 347 g/mol. The van der Waals surface area contributed by atoms with Gasteiger partial charge in [-0.1, -0.05) is 11.6 Å². The number of quaternary nitrogens is 1. The molecular formula is C18H20ClN2O3+. The number of rotatable bonds is 3. The van der Waals surface area contributed by atoms with E-state index in [1.54, 1.807) is 7.11 Å². The van der Waals surface area contributed by atoms with Crippen molar-refractivity contribution in [2.24, 2.45) is 0 Å². The van der Waals surface area contributed by atoms with Gasteiger partial charge >= 0.3 is 0 Å². The summed E-state index contributed by atoms with van der Waals surface area (Å²) in [5, 5.41) is 4.34. The minimum atomic E-state index is 0.0689. The van der Waals surface area contributed by atoms with Gasteiger partial charge in [0.05, 0.1) is 26.3 Å². The summed E-state index contributed by atoms with van der Waals surface area (Å²) in [6.45, 7) is 1.27. The van der Waals surface area contributed by atoms with Crippen LogP contribution in [0, 0.1) is 0 Å². The van der Waals surface area contributed by atoms with Gasteiger partial charge in [0.25, 0.3) is 0 Å². The van der Waals surface area contributed by atoms with E-state index >= 15 is 0 Å². The first-order valence-electron chi connectivity index (χ1n) is 8.01. The van der Waals surface area contributed by atoms with E-state index in [-0.39, 0.29) is 13.0 Å². The summed E-state index contributed by atoms with van der Waals surface area (Å²) in [6, 6.07) is 9.84. The third-order valence-corrected chi connectivity index (χ3v) is 4.93. The highest BCUT2D eigenvalue weighted by atomic mass is 35.5. The van der Waals surface area contributed by atoms with Gasteiger partial charge in [-0.05, 0) is 35.9 Å². The second kappa shape index (κ2) is 6.07. The van der Waals surface area contributed by atoms with Crippen molar-refractivity contribution in [3.05, 3.63) is 46.5 Å². The van der Waals surface area contributed by atoms with Gasteiger partial charge in [-0.3, -0.25) is 0 Å². The predicted molar refractivity (Wildman–Crippen MR) is 92.4 cm³/mol. The van der Waals surface area contributed by atoms with E-state index in [9.17, 15) is 0 Å². The van der Waals surface area contributed by atoms with E-state index in [0.717, 1.165) is 40.7 Å². The number of ether oxygens (including phenoxy) is 3. The molecule has 2 aromatic carbocycles. The van der Waals surface area contributed by atoms with Crippen LogP contribution >= 0.6 is 11.6 Å². The molecule has 0 fully saturated rings. The number of hydrogen-bond donors (Lipinski definition) is 2. The van der Waals surface area contributed by atoms with Crippen LogP contribution in [0.3, 0.4) is 0 Å². The van der Waals surface area contributed by atoms with E-state index in [4.69, 9.17) is 25.8 Å². The molecule has 0 saturated heterocycles. The molecule has 4 rings (SSSR count). The van der Waals surface area contributed by atoms with E-state index in [2.05, 4.69) is 18.4 Å². The number of halogens is 1. The summed E-state index contributed by atoms with van der Waals surface area (Å²) in [4.78, 5) is 1.37. The number of likely N-dealkylation sites (N-methyl/N-ethyl adjacent to an activating group) is 1. The lowest BCUT2D eigenvalue weighted by Gasteiger charge is -2.33. The van der Waals surface area contributed by atoms with Crippen molar-refractivity contribution < 1.29 is 19.1 Å². The largest absolute Gasteiger partial charge is 0.492 e. The maximum Gasteiger partial charge on any atom is 0.231 e. The molecule has 6 heteroatoms. The van der Waals surface area contributed by atoms with Gasteiger partial charge in [-0.25, -0.2) is 0 Å². The van der Waals surface area contributed by atoms with Crippen LogP contribution in [-0.4, -0.2) is 27.5 Å². The Bertz CT molecular complexity index is 764. The van der Waals surface area contributed by atoms with Crippen molar-refractivity contribution >= 4 is 17.3 Å². The van der Waals surface area contributed by atoms with E-state index in [0.29, 0.717) is 5.75 Å². The SMILES string of the molecule is COc1c2c(cc3c1[C@@H](Nc1ccc(Cl)cc1)[NH+](C)CC3)OCO2. The molecule has 0 amide bonds. The summed E-state index contributed by atoms with van der Waals surface area (Å²) in [7, 11) is 3.86. The van der Waals surface area contributed by atoms with Gasteiger partial charge < -0.3 is 24.4 Å². The van der Waals surface area contributed by atoms with E-state index in [1.165, 1.54) is 10.5 Å². The Labute approximate surface area is 146 Å². The molecule has 2 aliphatic rings. The Morgan fingerprint density at radius 1 is 1.25 bits per heavy atom. The number of fused-ring (bicyclic) bond motifs is 2. The zero-order chi connectivity index (χ0) is 16.7. The predicted octanol–water partition coefficient (Wildman–Crippen LogP) is 2.26. The van der Waals surface area contributed by atoms with Gasteiger partial charge in [-0.15, -0.1) is 0 Å². The quantitative estimate of drug-likeness (QED) is 0.894. The van der Waals surface area contributed by atoms with Crippen molar-refractivity contribution in [1.29, 1.82) is 0 Å². The van der Waals surface area contributed by atoms with Crippen LogP contribution < -0.4 is 24.4 Å². The lowest BCUT2D eigenvalue weighted by Crippen LogP contribution is -3.11. The number of hydrogen-bond acceptors (Lipinski definition) is 4. The molecule has 0 saturated carbocycles. The molecular weight excluding hydrogens is 328 g/mol. The van der Waals surface area contributed by atoms with Gasteiger partial charge in [0.2, 0.25) is 12.5 Å². The van der Waals surface area contributed by atoms with Crippen LogP contribution in [-0.2, 0) is 6.42 Å². The summed E-state index contributed by atoms with van der Waals surface area (Å²) < 4.78 is 16.9. The molecule has 2 aliphatic heterocycles. The van der Waals surface area contributed by atoms with Crippen LogP contribution in [0.25, 0.3) is 0 Å². The number of anilines is 1. The third kappa shape index (κ3) is 2.54. The second-order valence-electron chi connectivity index (χ2n) is 6.15. The number of nitrogens with one attached hydrogen (secondary N) is 2. The first kappa shape index (κ1) is 15.4. The molecule has 0 bridgehead atoms. The smallest absolute Gasteiger partial charge is 0.231 e. The van der Waals surface area contributed by atoms with Crippen molar-refractivity contribution in [1.82, 2.24) is 0 Å². The molecule has 0 aromatic heterocycles. The fourth-order valence-corrected chi connectivity index (χ4v) is 3.56. The van der Waals surface area contributed by atoms with Crippen molar-refractivity contribution in [2.45, 2.75) is 12.6 Å². The lowest BCUT2D eigenvalue weighted by molar-refractivity contribution is -0.910. The summed E-state index contributed by atoms with van der Waals surface area (Å²) in [5.74, 6) is 2.25. The van der Waals surface area contributed by atoms with Crippen LogP contribution in [0.5, 0.6) is 17.2 Å². The Balaban J connectivity index is 1.78. The molecule has 0 spiro atoms. The molecule has 2 N–H and O–H groups in total. The Kier molecular flexibility index (Phi) is 3.90. The molecule has 24 heavy (non-hydrogen) atoms. The Morgan fingerprint density at radius 2 is 2.04 bits per heavy atom. The molecule has 0 radical (unpaired) electrons. The highest BCUT2D eigenvalue weighted by Crippen LogP contribution is 2.47. The maximum atomic E-state index is 5.99. The van der Waals surface area contributed by atoms with Crippen LogP contribution in [0.2, 0.25) is 5.02 Å². The zero-order valence-electron chi connectivity index (χ0n) is 13.7. The molecule has 2 aromatic rings. The maximum absolute atomic E-state index is 5.99. The fourth-order valence-electron chi connectivity index (χ4n) is 3.43. The van der Waals surface area contributed by atoms with Gasteiger partial charge in [0.1, 0.15) is 0 Å². The van der Waals surface area contributed by atoms with E-state index < -0.39 is 0 Å². The van der Waals surface area contributed by atoms with Crippen LogP contribution in [0.1, 0.15) is 17.3 Å². The molecule has 2 atom stereocenters. The highest BCUT2D eigenvalue weighted by Gasteiger charge is 2.36. The van der Waals surface area contributed by atoms with Crippen LogP contribution in [0.4, 0.5) is 5.69 Å². The Morgan fingerprint density at radius 3 is 2.79 bits per heavy atom. The van der Waals surface area contributed by atoms with Gasteiger partial charge in [-0.2, -0.15) is 0 Å². The average molecular weight is 348 g/mol. The lowest BCUT2D eigenvalue weighted by atomic mass is 9.94. The summed E-state index contributed by atoms with van der Waals surface area (Å²) >= 11 is 5.99. The average Bonchev–Trinajstić information content (AvgIpc) is 3.05. The topological polar surface area (TPSA) is 44.2 Å². The summed E-state index contributed by atoms with van der Waals surface area (Å²) in [6.07, 6.45) is 1.05. The highest BCUT2D eigenvalue weighted by molar-refractivity contribution is 6.30. The molecule has 1 unspecified atom stereocenters. The molecule has 5 nitrogen and oxygen atoms in total. The first-order chi connectivity index (χ1) is 11.7. The number of benzene rings is 2. The first-order valence-corrected chi connectivity index (χ1v) is 8.39. The van der Waals surface area contributed by atoms with Crippen molar-refractivity contribution in [3.8, 4) is 17.2 Å². The molecule has 2 heterocycles. The number of methoxy groups -OCH3 is 1. The fraction of sp³-hybridized carbons (Fsp3) is 0.333. The third-order valence-electron chi connectivity index (χ3n) is 4.67. The van der Waals surface area contributed by atoms with Crippen molar-refractivity contribution in [2.75, 3.05) is 32.8 Å².